The van der Waals surface area contributed by atoms with Gasteiger partial charge in [-0.25, -0.2) is 18.4 Å². The second-order valence-corrected chi connectivity index (χ2v) is 11.3. The highest BCUT2D eigenvalue weighted by Crippen LogP contribution is 2.32. The number of ether oxygens (including phenoxy) is 2. The zero-order valence-corrected chi connectivity index (χ0v) is 20.6. The Morgan fingerprint density at radius 2 is 2.00 bits per heavy atom. The molecule has 4 rings (SSSR count). The van der Waals surface area contributed by atoms with Gasteiger partial charge in [-0.15, -0.1) is 0 Å². The van der Waals surface area contributed by atoms with Crippen molar-refractivity contribution in [1.82, 2.24) is 19.7 Å². The number of hydrogen-bond acceptors (Lipinski definition) is 8. The Hall–Kier alpha value is -3.86. The average Bonchev–Trinajstić information content (AvgIpc) is 3.16. The van der Waals surface area contributed by atoms with E-state index in [-0.39, 0.29) is 40.1 Å². The summed E-state index contributed by atoms with van der Waals surface area (Å²) in [6, 6.07) is 5.91. The van der Waals surface area contributed by atoms with Gasteiger partial charge < -0.3 is 14.8 Å². The Bertz CT molecular complexity index is 1500. The second kappa shape index (κ2) is 9.55. The number of amides is 1. The van der Waals surface area contributed by atoms with Gasteiger partial charge >= 0.3 is 6.18 Å². The number of sulfone groups is 1. The normalized spacial score (nSPS) is 16.6. The van der Waals surface area contributed by atoms with E-state index in [1.165, 1.54) is 12.3 Å². The predicted octanol–water partition coefficient (Wildman–Crippen LogP) is 3.34. The molecule has 37 heavy (non-hydrogen) atoms. The number of rotatable bonds is 6. The molecule has 0 radical (unpaired) electrons. The van der Waals surface area contributed by atoms with Crippen molar-refractivity contribution in [3.63, 3.8) is 0 Å². The van der Waals surface area contributed by atoms with Crippen molar-refractivity contribution < 1.29 is 35.9 Å². The summed E-state index contributed by atoms with van der Waals surface area (Å²) in [7, 11) is -3.10. The lowest BCUT2D eigenvalue weighted by atomic mass is 9.94. The SMILES string of the molecule is Cc1c(C(=O)NC2(C)CCS(=O)(=O)CC2)nc2ccc(Oc3ncc(C#N)cc3OCC(F)(F)F)cn12. The molecule has 4 heterocycles. The van der Waals surface area contributed by atoms with E-state index in [1.807, 2.05) is 0 Å². The van der Waals surface area contributed by atoms with Crippen LogP contribution in [0.15, 0.2) is 30.6 Å². The Morgan fingerprint density at radius 3 is 2.65 bits per heavy atom. The molecule has 14 heteroatoms. The van der Waals surface area contributed by atoms with E-state index in [1.54, 1.807) is 30.4 Å². The van der Waals surface area contributed by atoms with Gasteiger partial charge in [-0.2, -0.15) is 18.4 Å². The van der Waals surface area contributed by atoms with Crippen LogP contribution in [-0.4, -0.2) is 58.5 Å². The molecule has 0 saturated carbocycles. The summed E-state index contributed by atoms with van der Waals surface area (Å²) in [5, 5.41) is 11.9. The van der Waals surface area contributed by atoms with E-state index < -0.39 is 34.1 Å². The number of nitrogens with zero attached hydrogens (tertiary/aromatic N) is 4. The molecule has 1 aliphatic rings. The maximum absolute atomic E-state index is 13.0. The largest absolute Gasteiger partial charge is 0.478 e. The molecule has 1 fully saturated rings. The maximum Gasteiger partial charge on any atom is 0.422 e. The number of pyridine rings is 2. The zero-order valence-electron chi connectivity index (χ0n) is 19.8. The lowest BCUT2D eigenvalue weighted by molar-refractivity contribution is -0.153. The fourth-order valence-corrected chi connectivity index (χ4v) is 5.54. The summed E-state index contributed by atoms with van der Waals surface area (Å²) < 4.78 is 73.4. The van der Waals surface area contributed by atoms with Crippen LogP contribution in [0, 0.1) is 18.3 Å². The van der Waals surface area contributed by atoms with Gasteiger partial charge in [0.2, 0.25) is 0 Å². The first-order valence-electron chi connectivity index (χ1n) is 11.1. The van der Waals surface area contributed by atoms with Crippen LogP contribution in [0.1, 0.15) is 41.5 Å². The summed E-state index contributed by atoms with van der Waals surface area (Å²) in [6.07, 6.45) is -1.40. The van der Waals surface area contributed by atoms with Gasteiger partial charge in [0.25, 0.3) is 11.8 Å². The number of aromatic nitrogens is 3. The summed E-state index contributed by atoms with van der Waals surface area (Å²) in [6.45, 7) is 1.85. The van der Waals surface area contributed by atoms with Crippen molar-refractivity contribution >= 4 is 21.4 Å². The van der Waals surface area contributed by atoms with Crippen LogP contribution in [0.25, 0.3) is 5.65 Å². The van der Waals surface area contributed by atoms with Crippen LogP contribution in [0.4, 0.5) is 13.2 Å². The minimum atomic E-state index is -4.60. The summed E-state index contributed by atoms with van der Waals surface area (Å²) in [5.74, 6) is -0.944. The van der Waals surface area contributed by atoms with Crippen LogP contribution in [0.5, 0.6) is 17.4 Å². The number of fused-ring (bicyclic) bond motifs is 1. The Labute approximate surface area is 210 Å². The van der Waals surface area contributed by atoms with Gasteiger partial charge in [-0.05, 0) is 38.8 Å². The van der Waals surface area contributed by atoms with Gasteiger partial charge in [-0.1, -0.05) is 0 Å². The number of carbonyl (C=O) groups is 1. The minimum absolute atomic E-state index is 0.00726. The first-order valence-corrected chi connectivity index (χ1v) is 12.9. The molecule has 1 amide bonds. The summed E-state index contributed by atoms with van der Waals surface area (Å²) in [5.41, 5.74) is 0.314. The third kappa shape index (κ3) is 6.11. The molecule has 0 aromatic carbocycles. The fourth-order valence-electron chi connectivity index (χ4n) is 3.81. The van der Waals surface area contributed by atoms with Crippen molar-refractivity contribution in [1.29, 1.82) is 5.26 Å². The van der Waals surface area contributed by atoms with E-state index >= 15 is 0 Å². The number of nitriles is 1. The molecule has 3 aromatic rings. The van der Waals surface area contributed by atoms with E-state index in [9.17, 15) is 26.4 Å². The highest BCUT2D eigenvalue weighted by molar-refractivity contribution is 7.91. The quantitative estimate of drug-likeness (QED) is 0.506. The lowest BCUT2D eigenvalue weighted by Crippen LogP contribution is -2.51. The third-order valence-corrected chi connectivity index (χ3v) is 7.60. The number of halogens is 3. The number of hydrogen-bond donors (Lipinski definition) is 1. The molecule has 1 N–H and O–H groups in total. The van der Waals surface area contributed by atoms with Gasteiger partial charge in [0.05, 0.1) is 29.0 Å². The lowest BCUT2D eigenvalue weighted by Gasteiger charge is -2.34. The highest BCUT2D eigenvalue weighted by atomic mass is 32.2. The van der Waals surface area contributed by atoms with Gasteiger partial charge in [0.15, 0.2) is 12.4 Å². The molecular formula is C23H22F3N5O5S. The molecule has 10 nitrogen and oxygen atoms in total. The third-order valence-electron chi connectivity index (χ3n) is 5.94. The molecule has 0 aliphatic carbocycles. The van der Waals surface area contributed by atoms with Gasteiger partial charge in [0, 0.05) is 17.8 Å². The fraction of sp³-hybridized carbons (Fsp3) is 0.391. The Morgan fingerprint density at radius 1 is 1.30 bits per heavy atom. The van der Waals surface area contributed by atoms with Gasteiger partial charge in [-0.3, -0.25) is 9.20 Å². The predicted molar refractivity (Wildman–Crippen MR) is 124 cm³/mol. The van der Waals surface area contributed by atoms with Crippen LogP contribution in [0.2, 0.25) is 0 Å². The monoisotopic (exact) mass is 537 g/mol. The van der Waals surface area contributed by atoms with E-state index in [0.717, 1.165) is 12.3 Å². The zero-order chi connectivity index (χ0) is 27.0. The average molecular weight is 538 g/mol. The number of nitrogens with one attached hydrogen (secondary N) is 1. The molecular weight excluding hydrogens is 515 g/mol. The maximum atomic E-state index is 13.0. The molecule has 0 unspecified atom stereocenters. The molecule has 196 valence electrons. The smallest absolute Gasteiger partial charge is 0.422 e. The van der Waals surface area contributed by atoms with Crippen LogP contribution < -0.4 is 14.8 Å². The summed E-state index contributed by atoms with van der Waals surface area (Å²) >= 11 is 0. The molecule has 1 aliphatic heterocycles. The summed E-state index contributed by atoms with van der Waals surface area (Å²) in [4.78, 5) is 21.2. The minimum Gasteiger partial charge on any atom is -0.478 e. The number of imidazole rings is 1. The molecule has 0 bridgehead atoms. The van der Waals surface area contributed by atoms with Crippen molar-refractivity contribution in [2.45, 2.75) is 38.4 Å². The second-order valence-electron chi connectivity index (χ2n) is 8.95. The van der Waals surface area contributed by atoms with Crippen LogP contribution in [-0.2, 0) is 9.84 Å². The number of alkyl halides is 3. The highest BCUT2D eigenvalue weighted by Gasteiger charge is 2.35. The standard InChI is InChI=1S/C23H22F3N5O5S/c1-14-19(20(32)30-22(2)5-7-37(33,34)8-6-22)29-18-4-3-16(12-31(14)18)36-21-17(35-13-23(24,25)26)9-15(10-27)11-28-21/h3-4,9,11-12H,5-8,13H2,1-2H3,(H,30,32). The van der Waals surface area contributed by atoms with E-state index in [0.29, 0.717) is 24.2 Å². The van der Waals surface area contributed by atoms with E-state index in [4.69, 9.17) is 14.7 Å². The first kappa shape index (κ1) is 26.2. The van der Waals surface area contributed by atoms with Crippen molar-refractivity contribution in [2.75, 3.05) is 18.1 Å². The van der Waals surface area contributed by atoms with Gasteiger partial charge in [0.1, 0.15) is 33.0 Å². The molecule has 1 saturated heterocycles. The van der Waals surface area contributed by atoms with E-state index in [2.05, 4.69) is 15.3 Å². The van der Waals surface area contributed by atoms with Crippen molar-refractivity contribution in [2.24, 2.45) is 0 Å². The molecule has 0 spiro atoms. The van der Waals surface area contributed by atoms with Crippen molar-refractivity contribution in [3.8, 4) is 23.4 Å². The molecule has 0 atom stereocenters. The number of carbonyl (C=O) groups excluding carboxylic acids is 1. The Kier molecular flexibility index (Phi) is 6.76. The van der Waals surface area contributed by atoms with Crippen molar-refractivity contribution in [3.05, 3.63) is 47.5 Å². The molecule has 3 aromatic heterocycles. The number of aryl methyl sites for hydroxylation is 1. The first-order chi connectivity index (χ1) is 17.3. The topological polar surface area (TPSA) is 136 Å². The van der Waals surface area contributed by atoms with Crippen LogP contribution in [0.3, 0.4) is 0 Å². The van der Waals surface area contributed by atoms with Crippen LogP contribution >= 0.6 is 0 Å². The Balaban J connectivity index is 1.57.